The predicted octanol–water partition coefficient (Wildman–Crippen LogP) is 1.20. The minimum atomic E-state index is 0.0926. The molecule has 1 aliphatic heterocycles. The monoisotopic (exact) mass is 332 g/mol. The Kier molecular flexibility index (Phi) is 6.90. The predicted molar refractivity (Wildman–Crippen MR) is 96.6 cm³/mol. The van der Waals surface area contributed by atoms with Gasteiger partial charge in [-0.25, -0.2) is 0 Å². The third-order valence-corrected chi connectivity index (χ3v) is 3.90. The fourth-order valence-corrected chi connectivity index (χ4v) is 2.55. The number of hydrogen-bond donors (Lipinski definition) is 2. The third-order valence-electron chi connectivity index (χ3n) is 3.90. The van der Waals surface area contributed by atoms with Crippen molar-refractivity contribution in [2.75, 3.05) is 40.3 Å². The number of carbonyl (C=O) groups is 1. The Morgan fingerprint density at radius 2 is 2.17 bits per heavy atom. The van der Waals surface area contributed by atoms with E-state index in [1.54, 1.807) is 19.0 Å². The maximum atomic E-state index is 11.6. The van der Waals surface area contributed by atoms with Gasteiger partial charge in [0.1, 0.15) is 5.75 Å². The Labute approximate surface area is 144 Å². The first kappa shape index (κ1) is 18.1. The molecule has 132 valence electrons. The number of nitrogens with zero attached hydrogens (tertiary/aromatic N) is 2. The lowest BCUT2D eigenvalue weighted by Crippen LogP contribution is -2.38. The normalized spacial score (nSPS) is 13.2. The first-order valence-electron chi connectivity index (χ1n) is 8.57. The number of benzene rings is 1. The fourth-order valence-electron chi connectivity index (χ4n) is 2.55. The smallest absolute Gasteiger partial charge is 0.223 e. The van der Waals surface area contributed by atoms with Crippen LogP contribution in [0.5, 0.6) is 5.75 Å². The Morgan fingerprint density at radius 3 is 2.92 bits per heavy atom. The molecule has 1 heterocycles. The highest BCUT2D eigenvalue weighted by molar-refractivity contribution is 5.80. The summed E-state index contributed by atoms with van der Waals surface area (Å²) in [5, 5.41) is 6.53. The Morgan fingerprint density at radius 1 is 1.33 bits per heavy atom. The van der Waals surface area contributed by atoms with Crippen molar-refractivity contribution in [2.45, 2.75) is 26.2 Å². The average Bonchev–Trinajstić information content (AvgIpc) is 3.02. The molecule has 0 saturated heterocycles. The van der Waals surface area contributed by atoms with Crippen LogP contribution in [0.15, 0.2) is 23.2 Å². The molecule has 0 aromatic heterocycles. The highest BCUT2D eigenvalue weighted by Crippen LogP contribution is 2.25. The van der Waals surface area contributed by atoms with Crippen molar-refractivity contribution in [2.24, 2.45) is 4.99 Å². The molecule has 0 aliphatic carbocycles. The molecule has 0 bridgehead atoms. The number of fused-ring (bicyclic) bond motifs is 1. The molecule has 0 spiro atoms. The van der Waals surface area contributed by atoms with E-state index in [0.29, 0.717) is 13.0 Å². The zero-order chi connectivity index (χ0) is 17.4. The van der Waals surface area contributed by atoms with Gasteiger partial charge < -0.3 is 20.3 Å². The molecule has 1 aromatic carbocycles. The van der Waals surface area contributed by atoms with E-state index >= 15 is 0 Å². The molecule has 1 amide bonds. The number of nitrogens with one attached hydrogen (secondary N) is 2. The first-order valence-corrected chi connectivity index (χ1v) is 8.57. The van der Waals surface area contributed by atoms with E-state index in [4.69, 9.17) is 4.74 Å². The van der Waals surface area contributed by atoms with Gasteiger partial charge in [0, 0.05) is 40.0 Å². The van der Waals surface area contributed by atoms with Gasteiger partial charge in [0.2, 0.25) is 5.91 Å². The highest BCUT2D eigenvalue weighted by atomic mass is 16.5. The molecule has 0 radical (unpaired) electrons. The zero-order valence-corrected chi connectivity index (χ0v) is 14.9. The second-order valence-corrected chi connectivity index (χ2v) is 6.02. The van der Waals surface area contributed by atoms with Crippen LogP contribution in [0.4, 0.5) is 0 Å². The van der Waals surface area contributed by atoms with Crippen molar-refractivity contribution in [3.8, 4) is 5.75 Å². The van der Waals surface area contributed by atoms with Gasteiger partial charge >= 0.3 is 0 Å². The van der Waals surface area contributed by atoms with Crippen molar-refractivity contribution in [3.63, 3.8) is 0 Å². The summed E-state index contributed by atoms with van der Waals surface area (Å²) in [5.74, 6) is 1.87. The average molecular weight is 332 g/mol. The summed E-state index contributed by atoms with van der Waals surface area (Å²) in [6, 6.07) is 6.40. The molecule has 2 rings (SSSR count). The first-order chi connectivity index (χ1) is 11.6. The molecule has 1 aliphatic rings. The van der Waals surface area contributed by atoms with E-state index in [1.807, 2.05) is 6.92 Å². The largest absolute Gasteiger partial charge is 0.493 e. The van der Waals surface area contributed by atoms with E-state index in [-0.39, 0.29) is 5.91 Å². The lowest BCUT2D eigenvalue weighted by Gasteiger charge is -2.12. The molecule has 6 nitrogen and oxygen atoms in total. The van der Waals surface area contributed by atoms with Gasteiger partial charge in [-0.05, 0) is 30.5 Å². The summed E-state index contributed by atoms with van der Waals surface area (Å²) < 4.78 is 5.53. The van der Waals surface area contributed by atoms with Crippen molar-refractivity contribution in [1.29, 1.82) is 0 Å². The van der Waals surface area contributed by atoms with Crippen LogP contribution in [0.25, 0.3) is 0 Å². The van der Waals surface area contributed by atoms with Gasteiger partial charge in [0.15, 0.2) is 5.96 Å². The van der Waals surface area contributed by atoms with Crippen LogP contribution in [0.1, 0.15) is 24.5 Å². The third kappa shape index (κ3) is 5.44. The minimum absolute atomic E-state index is 0.0926. The maximum absolute atomic E-state index is 11.6. The van der Waals surface area contributed by atoms with Crippen LogP contribution in [0.2, 0.25) is 0 Å². The quantitative estimate of drug-likeness (QED) is 0.582. The topological polar surface area (TPSA) is 66.0 Å². The SMILES string of the molecule is CCNC(=NCCC(=O)N(C)C)NCCc1ccc2c(c1)CCO2. The van der Waals surface area contributed by atoms with E-state index < -0.39 is 0 Å². The molecular weight excluding hydrogens is 304 g/mol. The second kappa shape index (κ2) is 9.15. The van der Waals surface area contributed by atoms with Gasteiger partial charge in [0.05, 0.1) is 13.2 Å². The standard InChI is InChI=1S/C18H28N4O2/c1-4-19-18(21-11-8-17(23)22(2)3)20-10-7-14-5-6-16-15(13-14)9-12-24-16/h5-6,13H,4,7-12H2,1-3H3,(H2,19,20,21). The molecule has 24 heavy (non-hydrogen) atoms. The summed E-state index contributed by atoms with van der Waals surface area (Å²) in [7, 11) is 3.52. The lowest BCUT2D eigenvalue weighted by molar-refractivity contribution is -0.128. The fraction of sp³-hybridized carbons (Fsp3) is 0.556. The van der Waals surface area contributed by atoms with Crippen LogP contribution >= 0.6 is 0 Å². The summed E-state index contributed by atoms with van der Waals surface area (Å²) in [4.78, 5) is 17.6. The molecule has 0 atom stereocenters. The molecule has 1 aromatic rings. The van der Waals surface area contributed by atoms with Crippen LogP contribution in [0.3, 0.4) is 0 Å². The van der Waals surface area contributed by atoms with Crippen LogP contribution in [-0.2, 0) is 17.6 Å². The van der Waals surface area contributed by atoms with Crippen molar-refractivity contribution >= 4 is 11.9 Å². The lowest BCUT2D eigenvalue weighted by atomic mass is 10.1. The zero-order valence-electron chi connectivity index (χ0n) is 14.9. The number of amides is 1. The van der Waals surface area contributed by atoms with Gasteiger partial charge in [0.25, 0.3) is 0 Å². The van der Waals surface area contributed by atoms with Gasteiger partial charge in [-0.2, -0.15) is 0 Å². The number of aliphatic imine (C=N–C) groups is 1. The number of ether oxygens (including phenoxy) is 1. The molecular formula is C18H28N4O2. The maximum Gasteiger partial charge on any atom is 0.223 e. The van der Waals surface area contributed by atoms with Crippen molar-refractivity contribution < 1.29 is 9.53 Å². The molecule has 0 unspecified atom stereocenters. The van der Waals surface area contributed by atoms with E-state index in [0.717, 1.165) is 44.2 Å². The van der Waals surface area contributed by atoms with Crippen LogP contribution in [0, 0.1) is 0 Å². The van der Waals surface area contributed by atoms with Gasteiger partial charge in [-0.1, -0.05) is 12.1 Å². The second-order valence-electron chi connectivity index (χ2n) is 6.02. The highest BCUT2D eigenvalue weighted by Gasteiger charge is 2.11. The number of rotatable bonds is 7. The van der Waals surface area contributed by atoms with Gasteiger partial charge in [-0.15, -0.1) is 0 Å². The van der Waals surface area contributed by atoms with Crippen LogP contribution in [-0.4, -0.2) is 57.1 Å². The Bertz CT molecular complexity index is 584. The van der Waals surface area contributed by atoms with Crippen molar-refractivity contribution in [1.82, 2.24) is 15.5 Å². The summed E-state index contributed by atoms with van der Waals surface area (Å²) in [5.41, 5.74) is 2.60. The van der Waals surface area contributed by atoms with Crippen molar-refractivity contribution in [3.05, 3.63) is 29.3 Å². The number of guanidine groups is 1. The molecule has 0 saturated carbocycles. The van der Waals surface area contributed by atoms with Gasteiger partial charge in [-0.3, -0.25) is 9.79 Å². The minimum Gasteiger partial charge on any atom is -0.493 e. The van der Waals surface area contributed by atoms with E-state index in [2.05, 4.69) is 33.8 Å². The Hall–Kier alpha value is -2.24. The van der Waals surface area contributed by atoms with Crippen LogP contribution < -0.4 is 15.4 Å². The van der Waals surface area contributed by atoms with E-state index in [9.17, 15) is 4.79 Å². The number of carbonyl (C=O) groups excluding carboxylic acids is 1. The van der Waals surface area contributed by atoms with E-state index in [1.165, 1.54) is 11.1 Å². The molecule has 0 fully saturated rings. The Balaban J connectivity index is 1.79. The summed E-state index contributed by atoms with van der Waals surface area (Å²) in [6.45, 7) is 4.90. The summed E-state index contributed by atoms with van der Waals surface area (Å²) in [6.07, 6.45) is 2.35. The molecule has 2 N–H and O–H groups in total. The molecule has 6 heteroatoms. The number of hydrogen-bond acceptors (Lipinski definition) is 3. The summed E-state index contributed by atoms with van der Waals surface area (Å²) >= 11 is 0.